The largest absolute Gasteiger partial charge is 0.469 e. The molecule has 0 aliphatic carbocycles. The second-order valence-corrected chi connectivity index (χ2v) is 7.29. The molecular formula is C17H16Cl2N2OS. The van der Waals surface area contributed by atoms with E-state index < -0.39 is 0 Å². The van der Waals surface area contributed by atoms with E-state index in [9.17, 15) is 0 Å². The van der Waals surface area contributed by atoms with E-state index in [0.29, 0.717) is 15.3 Å². The number of rotatable bonds is 7. The quantitative estimate of drug-likeness (QED) is 0.511. The van der Waals surface area contributed by atoms with E-state index in [1.54, 1.807) is 24.2 Å². The third-order valence-corrected chi connectivity index (χ3v) is 5.72. The molecule has 3 rings (SSSR count). The minimum Gasteiger partial charge on any atom is -0.469 e. The van der Waals surface area contributed by atoms with Gasteiger partial charge in [-0.15, -0.1) is 11.8 Å². The molecule has 3 nitrogen and oxygen atoms in total. The molecule has 0 bridgehead atoms. The van der Waals surface area contributed by atoms with Gasteiger partial charge in [0.25, 0.3) is 0 Å². The van der Waals surface area contributed by atoms with Crippen molar-refractivity contribution in [3.8, 4) is 0 Å². The number of hydrogen-bond donors (Lipinski definition) is 0. The molecule has 120 valence electrons. The number of nitrogens with zero attached hydrogens (tertiary/aromatic N) is 2. The van der Waals surface area contributed by atoms with Gasteiger partial charge < -0.3 is 8.98 Å². The SMILES string of the molecule is Clc1cccc(Cl)c1SC(CCc1ccco1)Cn1ccnc1. The second-order valence-electron chi connectivity index (χ2n) is 5.17. The van der Waals surface area contributed by atoms with Crippen molar-refractivity contribution < 1.29 is 4.42 Å². The zero-order valence-electron chi connectivity index (χ0n) is 12.4. The average molecular weight is 367 g/mol. The van der Waals surface area contributed by atoms with Crippen LogP contribution in [0, 0.1) is 0 Å². The van der Waals surface area contributed by atoms with Gasteiger partial charge >= 0.3 is 0 Å². The van der Waals surface area contributed by atoms with Crippen molar-refractivity contribution in [1.29, 1.82) is 0 Å². The Morgan fingerprint density at radius 3 is 2.65 bits per heavy atom. The predicted octanol–water partition coefficient (Wildman–Crippen LogP) is 5.58. The molecule has 0 radical (unpaired) electrons. The number of aryl methyl sites for hydroxylation is 1. The van der Waals surface area contributed by atoms with Crippen molar-refractivity contribution in [2.24, 2.45) is 0 Å². The van der Waals surface area contributed by atoms with Gasteiger partial charge in [-0.2, -0.15) is 0 Å². The molecule has 0 aliphatic heterocycles. The molecule has 23 heavy (non-hydrogen) atoms. The third-order valence-electron chi connectivity index (χ3n) is 3.47. The van der Waals surface area contributed by atoms with Crippen LogP contribution in [0.4, 0.5) is 0 Å². The van der Waals surface area contributed by atoms with E-state index in [2.05, 4.69) is 9.55 Å². The van der Waals surface area contributed by atoms with Gasteiger partial charge in [-0.05, 0) is 30.7 Å². The maximum absolute atomic E-state index is 6.31. The Kier molecular flexibility index (Phi) is 5.70. The minimum absolute atomic E-state index is 0.312. The van der Waals surface area contributed by atoms with Crippen LogP contribution in [0.25, 0.3) is 0 Å². The van der Waals surface area contributed by atoms with Gasteiger partial charge in [-0.3, -0.25) is 0 Å². The maximum atomic E-state index is 6.31. The maximum Gasteiger partial charge on any atom is 0.103 e. The summed E-state index contributed by atoms with van der Waals surface area (Å²) >= 11 is 14.3. The highest BCUT2D eigenvalue weighted by atomic mass is 35.5. The highest BCUT2D eigenvalue weighted by molar-refractivity contribution is 8.00. The van der Waals surface area contributed by atoms with Crippen molar-refractivity contribution >= 4 is 35.0 Å². The lowest BCUT2D eigenvalue weighted by Crippen LogP contribution is -2.13. The van der Waals surface area contributed by atoms with Crippen molar-refractivity contribution in [3.63, 3.8) is 0 Å². The number of imidazole rings is 1. The molecule has 1 aromatic carbocycles. The van der Waals surface area contributed by atoms with Crippen LogP contribution in [0.5, 0.6) is 0 Å². The van der Waals surface area contributed by atoms with Gasteiger partial charge in [0, 0.05) is 35.5 Å². The summed E-state index contributed by atoms with van der Waals surface area (Å²) in [6.45, 7) is 0.840. The van der Waals surface area contributed by atoms with Crippen molar-refractivity contribution in [2.45, 2.75) is 29.5 Å². The zero-order chi connectivity index (χ0) is 16.1. The Labute approximate surface area is 149 Å². The minimum atomic E-state index is 0.312. The van der Waals surface area contributed by atoms with Gasteiger partial charge in [0.1, 0.15) is 5.76 Å². The lowest BCUT2D eigenvalue weighted by molar-refractivity contribution is 0.493. The van der Waals surface area contributed by atoms with Crippen molar-refractivity contribution in [1.82, 2.24) is 9.55 Å². The zero-order valence-corrected chi connectivity index (χ0v) is 14.7. The van der Waals surface area contributed by atoms with Crippen LogP contribution in [0.3, 0.4) is 0 Å². The van der Waals surface area contributed by atoms with Crippen LogP contribution in [-0.4, -0.2) is 14.8 Å². The Balaban J connectivity index is 1.73. The first-order valence-electron chi connectivity index (χ1n) is 7.31. The van der Waals surface area contributed by atoms with Gasteiger partial charge in [-0.25, -0.2) is 4.98 Å². The standard InChI is InChI=1S/C17H16Cl2N2OS/c18-15-4-1-5-16(19)17(15)23-14(11-21-9-8-20-12-21)7-6-13-3-2-10-22-13/h1-5,8-10,12,14H,6-7,11H2. The molecule has 0 amide bonds. The van der Waals surface area contributed by atoms with Crippen molar-refractivity contribution in [3.05, 3.63) is 71.1 Å². The number of furan rings is 1. The van der Waals surface area contributed by atoms with E-state index >= 15 is 0 Å². The van der Waals surface area contributed by atoms with E-state index in [-0.39, 0.29) is 0 Å². The highest BCUT2D eigenvalue weighted by Crippen LogP contribution is 2.38. The fraction of sp³-hybridized carbons (Fsp3) is 0.235. The molecule has 0 spiro atoms. The van der Waals surface area contributed by atoms with E-state index in [1.807, 2.05) is 42.9 Å². The first-order valence-corrected chi connectivity index (χ1v) is 8.94. The van der Waals surface area contributed by atoms with Crippen LogP contribution in [0.15, 0.2) is 64.6 Å². The topological polar surface area (TPSA) is 31.0 Å². The summed E-state index contributed by atoms with van der Waals surface area (Å²) in [4.78, 5) is 5.04. The van der Waals surface area contributed by atoms with Gasteiger partial charge in [0.15, 0.2) is 0 Å². The lowest BCUT2D eigenvalue weighted by atomic mass is 10.2. The first kappa shape index (κ1) is 16.5. The molecule has 3 aromatic rings. The molecule has 1 unspecified atom stereocenters. The van der Waals surface area contributed by atoms with Crippen LogP contribution >= 0.6 is 35.0 Å². The summed E-state index contributed by atoms with van der Waals surface area (Å²) in [5.74, 6) is 0.992. The van der Waals surface area contributed by atoms with Gasteiger partial charge in [0.2, 0.25) is 0 Å². The Bertz CT molecular complexity index is 709. The average Bonchev–Trinajstić information content (AvgIpc) is 3.22. The summed E-state index contributed by atoms with van der Waals surface area (Å²) in [7, 11) is 0. The summed E-state index contributed by atoms with van der Waals surface area (Å²) in [5.41, 5.74) is 0. The Morgan fingerprint density at radius 2 is 2.00 bits per heavy atom. The fourth-order valence-corrected chi connectivity index (χ4v) is 4.18. The number of hydrogen-bond acceptors (Lipinski definition) is 3. The van der Waals surface area contributed by atoms with E-state index in [4.69, 9.17) is 27.6 Å². The van der Waals surface area contributed by atoms with E-state index in [0.717, 1.165) is 30.0 Å². The number of halogens is 2. The Hall–Kier alpha value is -1.36. The molecule has 2 heterocycles. The van der Waals surface area contributed by atoms with Crippen LogP contribution in [0.2, 0.25) is 10.0 Å². The molecule has 0 aliphatic rings. The normalized spacial score (nSPS) is 12.4. The molecule has 0 saturated carbocycles. The summed E-state index contributed by atoms with van der Waals surface area (Å²) in [5, 5.41) is 1.69. The predicted molar refractivity (Wildman–Crippen MR) is 95.4 cm³/mol. The molecule has 0 saturated heterocycles. The molecular weight excluding hydrogens is 351 g/mol. The molecule has 0 N–H and O–H groups in total. The summed E-state index contributed by atoms with van der Waals surface area (Å²) < 4.78 is 7.51. The second kappa shape index (κ2) is 7.95. The number of benzene rings is 1. The van der Waals surface area contributed by atoms with Crippen molar-refractivity contribution in [2.75, 3.05) is 0 Å². The van der Waals surface area contributed by atoms with E-state index in [1.165, 1.54) is 0 Å². The third kappa shape index (κ3) is 4.56. The smallest absolute Gasteiger partial charge is 0.103 e. The Morgan fingerprint density at radius 1 is 1.17 bits per heavy atom. The van der Waals surface area contributed by atoms with Crippen LogP contribution in [0.1, 0.15) is 12.2 Å². The molecule has 6 heteroatoms. The first-order chi connectivity index (χ1) is 11.2. The fourth-order valence-electron chi connectivity index (χ4n) is 2.34. The van der Waals surface area contributed by atoms with Gasteiger partial charge in [0.05, 0.1) is 22.6 Å². The number of thioether (sulfide) groups is 1. The molecule has 0 fully saturated rings. The molecule has 1 atom stereocenters. The molecule has 2 aromatic heterocycles. The summed E-state index contributed by atoms with van der Waals surface area (Å²) in [6, 6.07) is 9.52. The monoisotopic (exact) mass is 366 g/mol. The highest BCUT2D eigenvalue weighted by Gasteiger charge is 2.16. The lowest BCUT2D eigenvalue weighted by Gasteiger charge is -2.18. The van der Waals surface area contributed by atoms with Crippen LogP contribution in [-0.2, 0) is 13.0 Å². The number of aromatic nitrogens is 2. The van der Waals surface area contributed by atoms with Gasteiger partial charge in [-0.1, -0.05) is 29.3 Å². The summed E-state index contributed by atoms with van der Waals surface area (Å²) in [6.07, 6.45) is 9.12. The van der Waals surface area contributed by atoms with Crippen LogP contribution < -0.4 is 0 Å².